The molecule has 1 aromatic rings. The van der Waals surface area contributed by atoms with Crippen LogP contribution in [0.2, 0.25) is 0 Å². The Hall–Kier alpha value is -1.57. The molecule has 0 amide bonds. The lowest BCUT2D eigenvalue weighted by molar-refractivity contribution is -0.0119. The zero-order chi connectivity index (χ0) is 15.3. The largest absolute Gasteiger partial charge is 0.496 e. The maximum atomic E-state index is 10.6. The number of benzene rings is 1. The molecular weight excluding hydrogens is 264 g/mol. The van der Waals surface area contributed by atoms with Gasteiger partial charge in [0.25, 0.3) is 0 Å². The number of hydrogen-bond donors (Lipinski definition) is 2. The maximum Gasteiger partial charge on any atom is 0.123 e. The van der Waals surface area contributed by atoms with E-state index < -0.39 is 5.60 Å². The van der Waals surface area contributed by atoms with Crippen LogP contribution in [0.4, 0.5) is 0 Å². The first-order chi connectivity index (χ1) is 10.1. The van der Waals surface area contributed by atoms with Crippen LogP contribution in [0.25, 0.3) is 0 Å². The number of nitriles is 1. The van der Waals surface area contributed by atoms with Crippen molar-refractivity contribution in [3.05, 3.63) is 29.3 Å². The molecule has 0 aliphatic heterocycles. The summed E-state index contributed by atoms with van der Waals surface area (Å²) in [5.74, 6) is 1.35. The van der Waals surface area contributed by atoms with Gasteiger partial charge in [-0.1, -0.05) is 19.8 Å². The molecule has 21 heavy (non-hydrogen) atoms. The van der Waals surface area contributed by atoms with Gasteiger partial charge in [-0.05, 0) is 37.0 Å². The van der Waals surface area contributed by atoms with Gasteiger partial charge in [0.2, 0.25) is 0 Å². The van der Waals surface area contributed by atoms with E-state index in [1.807, 2.05) is 12.1 Å². The minimum atomic E-state index is -0.599. The Morgan fingerprint density at radius 3 is 3.00 bits per heavy atom. The fourth-order valence-electron chi connectivity index (χ4n) is 3.21. The lowest BCUT2D eigenvalue weighted by atomic mass is 9.79. The van der Waals surface area contributed by atoms with E-state index in [2.05, 4.69) is 18.3 Å². The van der Waals surface area contributed by atoms with Gasteiger partial charge in [0, 0.05) is 18.7 Å². The van der Waals surface area contributed by atoms with Gasteiger partial charge in [-0.2, -0.15) is 5.26 Å². The summed E-state index contributed by atoms with van der Waals surface area (Å²) < 4.78 is 5.32. The first kappa shape index (κ1) is 15.8. The summed E-state index contributed by atoms with van der Waals surface area (Å²) in [5, 5.41) is 22.9. The molecule has 1 aliphatic rings. The molecule has 0 spiro atoms. The maximum absolute atomic E-state index is 10.6. The number of nitrogens with zero attached hydrogens (tertiary/aromatic N) is 1. The van der Waals surface area contributed by atoms with Gasteiger partial charge >= 0.3 is 0 Å². The van der Waals surface area contributed by atoms with Gasteiger partial charge in [0.1, 0.15) is 5.75 Å². The second-order valence-corrected chi connectivity index (χ2v) is 6.17. The Bertz CT molecular complexity index is 524. The standard InChI is InChI=1S/C17H24N2O2/c1-13-4-3-7-17(20,9-13)12-19-11-15-8-14(10-18)5-6-16(15)21-2/h5-6,8,13,19-20H,3-4,7,9,11-12H2,1-2H3. The SMILES string of the molecule is COc1ccc(C#N)cc1CNCC1(O)CCCC(C)C1. The lowest BCUT2D eigenvalue weighted by Crippen LogP contribution is -2.43. The minimum absolute atomic E-state index is 0.581. The highest BCUT2D eigenvalue weighted by Crippen LogP contribution is 2.31. The zero-order valence-electron chi connectivity index (χ0n) is 12.9. The van der Waals surface area contributed by atoms with Gasteiger partial charge in [-0.3, -0.25) is 0 Å². The molecule has 114 valence electrons. The smallest absolute Gasteiger partial charge is 0.123 e. The van der Waals surface area contributed by atoms with Crippen LogP contribution in [-0.4, -0.2) is 24.4 Å². The normalized spacial score (nSPS) is 25.3. The number of aliphatic hydroxyl groups is 1. The average Bonchev–Trinajstić information content (AvgIpc) is 2.46. The number of rotatable bonds is 5. The monoisotopic (exact) mass is 288 g/mol. The van der Waals surface area contributed by atoms with Gasteiger partial charge in [-0.15, -0.1) is 0 Å². The molecule has 1 aliphatic carbocycles. The molecule has 0 heterocycles. The Balaban J connectivity index is 1.95. The van der Waals surface area contributed by atoms with Crippen LogP contribution in [-0.2, 0) is 6.54 Å². The Morgan fingerprint density at radius 2 is 2.33 bits per heavy atom. The minimum Gasteiger partial charge on any atom is -0.496 e. The molecule has 2 N–H and O–H groups in total. The third-order valence-electron chi connectivity index (χ3n) is 4.25. The molecule has 0 saturated heterocycles. The number of hydrogen-bond acceptors (Lipinski definition) is 4. The number of ether oxygens (including phenoxy) is 1. The van der Waals surface area contributed by atoms with Gasteiger partial charge in [0.15, 0.2) is 0 Å². The van der Waals surface area contributed by atoms with Crippen molar-refractivity contribution in [2.24, 2.45) is 5.92 Å². The van der Waals surface area contributed by atoms with Crippen molar-refractivity contribution in [3.8, 4) is 11.8 Å². The summed E-state index contributed by atoms with van der Waals surface area (Å²) in [4.78, 5) is 0. The van der Waals surface area contributed by atoms with Crippen molar-refractivity contribution >= 4 is 0 Å². The molecule has 1 fully saturated rings. The molecule has 0 radical (unpaired) electrons. The predicted molar refractivity (Wildman–Crippen MR) is 82.0 cm³/mol. The molecule has 0 aromatic heterocycles. The first-order valence-electron chi connectivity index (χ1n) is 7.56. The molecule has 1 saturated carbocycles. The molecule has 2 atom stereocenters. The van der Waals surface area contributed by atoms with E-state index in [9.17, 15) is 5.11 Å². The molecule has 0 bridgehead atoms. The summed E-state index contributed by atoms with van der Waals surface area (Å²) >= 11 is 0. The average molecular weight is 288 g/mol. The van der Waals surface area contributed by atoms with E-state index in [0.29, 0.717) is 24.6 Å². The molecule has 4 nitrogen and oxygen atoms in total. The summed E-state index contributed by atoms with van der Waals surface area (Å²) in [5.41, 5.74) is 0.971. The number of nitrogens with one attached hydrogen (secondary N) is 1. The quantitative estimate of drug-likeness (QED) is 0.874. The summed E-state index contributed by atoms with van der Waals surface area (Å²) in [6.45, 7) is 3.37. The van der Waals surface area contributed by atoms with Crippen molar-refractivity contribution in [3.63, 3.8) is 0 Å². The van der Waals surface area contributed by atoms with Gasteiger partial charge in [0.05, 0.1) is 24.3 Å². The Labute approximate surface area is 126 Å². The first-order valence-corrected chi connectivity index (χ1v) is 7.56. The topological polar surface area (TPSA) is 65.3 Å². The van der Waals surface area contributed by atoms with E-state index in [-0.39, 0.29) is 0 Å². The lowest BCUT2D eigenvalue weighted by Gasteiger charge is -2.35. The molecular formula is C17H24N2O2. The van der Waals surface area contributed by atoms with E-state index in [0.717, 1.165) is 30.6 Å². The molecule has 2 unspecified atom stereocenters. The van der Waals surface area contributed by atoms with Crippen molar-refractivity contribution in [1.82, 2.24) is 5.32 Å². The predicted octanol–water partition coefficient (Wildman–Crippen LogP) is 2.60. The van der Waals surface area contributed by atoms with Crippen molar-refractivity contribution in [1.29, 1.82) is 5.26 Å². The Kier molecular flexibility index (Phi) is 5.22. The highest BCUT2D eigenvalue weighted by molar-refractivity contribution is 5.41. The van der Waals surface area contributed by atoms with Crippen LogP contribution < -0.4 is 10.1 Å². The second kappa shape index (κ2) is 6.93. The molecule has 4 heteroatoms. The van der Waals surface area contributed by atoms with Gasteiger partial charge < -0.3 is 15.2 Å². The van der Waals surface area contributed by atoms with Crippen LogP contribution >= 0.6 is 0 Å². The molecule has 2 rings (SSSR count). The fourth-order valence-corrected chi connectivity index (χ4v) is 3.21. The highest BCUT2D eigenvalue weighted by Gasteiger charge is 2.32. The second-order valence-electron chi connectivity index (χ2n) is 6.17. The fraction of sp³-hybridized carbons (Fsp3) is 0.588. The van der Waals surface area contributed by atoms with E-state index >= 15 is 0 Å². The summed E-state index contributed by atoms with van der Waals surface area (Å²) in [6, 6.07) is 7.53. The van der Waals surface area contributed by atoms with Crippen LogP contribution in [0.5, 0.6) is 5.75 Å². The van der Waals surface area contributed by atoms with Crippen LogP contribution in [0, 0.1) is 17.2 Å². The summed E-state index contributed by atoms with van der Waals surface area (Å²) in [7, 11) is 1.63. The van der Waals surface area contributed by atoms with E-state index in [1.165, 1.54) is 6.42 Å². The Morgan fingerprint density at radius 1 is 1.52 bits per heavy atom. The van der Waals surface area contributed by atoms with Crippen LogP contribution in [0.1, 0.15) is 43.7 Å². The van der Waals surface area contributed by atoms with Crippen molar-refractivity contribution in [2.75, 3.05) is 13.7 Å². The molecule has 1 aromatic carbocycles. The number of methoxy groups -OCH3 is 1. The van der Waals surface area contributed by atoms with Crippen molar-refractivity contribution in [2.45, 2.75) is 44.8 Å². The van der Waals surface area contributed by atoms with Crippen LogP contribution in [0.3, 0.4) is 0 Å². The summed E-state index contributed by atoms with van der Waals surface area (Å²) in [6.07, 6.45) is 4.02. The van der Waals surface area contributed by atoms with E-state index in [4.69, 9.17) is 10.00 Å². The van der Waals surface area contributed by atoms with Crippen LogP contribution in [0.15, 0.2) is 18.2 Å². The highest BCUT2D eigenvalue weighted by atomic mass is 16.5. The third-order valence-corrected chi connectivity index (χ3v) is 4.25. The third kappa shape index (κ3) is 4.20. The van der Waals surface area contributed by atoms with Gasteiger partial charge in [-0.25, -0.2) is 0 Å². The zero-order valence-corrected chi connectivity index (χ0v) is 12.9. The van der Waals surface area contributed by atoms with E-state index in [1.54, 1.807) is 13.2 Å². The van der Waals surface area contributed by atoms with Crippen molar-refractivity contribution < 1.29 is 9.84 Å².